The van der Waals surface area contributed by atoms with Crippen molar-refractivity contribution in [3.63, 3.8) is 0 Å². The lowest BCUT2D eigenvalue weighted by molar-refractivity contribution is 0.0698. The number of benzene rings is 2. The Labute approximate surface area is 144 Å². The van der Waals surface area contributed by atoms with Crippen molar-refractivity contribution in [2.24, 2.45) is 0 Å². The van der Waals surface area contributed by atoms with Gasteiger partial charge in [0.05, 0.1) is 35.9 Å². The molecule has 4 rings (SSSR count). The lowest BCUT2D eigenvalue weighted by atomic mass is 10.1. The zero-order valence-electron chi connectivity index (χ0n) is 13.6. The van der Waals surface area contributed by atoms with E-state index in [0.29, 0.717) is 17.8 Å². The molecule has 0 atom stereocenters. The minimum Gasteiger partial charge on any atom is -0.497 e. The number of carboxylic acids is 1. The molecule has 1 N–H and O–H groups in total. The van der Waals surface area contributed by atoms with Gasteiger partial charge in [0.1, 0.15) is 5.75 Å². The first-order valence-electron chi connectivity index (χ1n) is 7.90. The third kappa shape index (κ3) is 2.70. The molecule has 25 heavy (non-hydrogen) atoms. The van der Waals surface area contributed by atoms with Crippen LogP contribution in [0.2, 0.25) is 0 Å². The quantitative estimate of drug-likeness (QED) is 0.615. The van der Waals surface area contributed by atoms with Gasteiger partial charge in [-0.25, -0.2) is 4.79 Å². The van der Waals surface area contributed by atoms with Crippen molar-refractivity contribution in [1.82, 2.24) is 9.55 Å². The van der Waals surface area contributed by atoms with Gasteiger partial charge in [-0.05, 0) is 30.3 Å². The predicted octanol–water partition coefficient (Wildman–Crippen LogP) is 3.94. The highest BCUT2D eigenvalue weighted by molar-refractivity contribution is 6.03. The number of ether oxygens (including phenoxy) is 1. The highest BCUT2D eigenvalue weighted by Crippen LogP contribution is 2.27. The first kappa shape index (κ1) is 15.2. The van der Waals surface area contributed by atoms with Crippen molar-refractivity contribution in [3.05, 3.63) is 72.1 Å². The number of pyridine rings is 1. The van der Waals surface area contributed by atoms with E-state index in [1.54, 1.807) is 6.07 Å². The summed E-state index contributed by atoms with van der Waals surface area (Å²) in [7, 11) is 1.53. The maximum Gasteiger partial charge on any atom is 0.337 e. The van der Waals surface area contributed by atoms with Crippen LogP contribution in [0.3, 0.4) is 0 Å². The minimum atomic E-state index is -0.977. The summed E-state index contributed by atoms with van der Waals surface area (Å²) in [5.41, 5.74) is 2.70. The average Bonchev–Trinajstić information content (AvgIpc) is 3.03. The van der Waals surface area contributed by atoms with Crippen molar-refractivity contribution in [2.75, 3.05) is 7.11 Å². The molecule has 0 unspecified atom stereocenters. The van der Waals surface area contributed by atoms with Gasteiger partial charge in [-0.2, -0.15) is 0 Å². The molecule has 0 radical (unpaired) electrons. The van der Waals surface area contributed by atoms with Gasteiger partial charge in [0, 0.05) is 17.0 Å². The second-order valence-corrected chi connectivity index (χ2v) is 5.86. The lowest BCUT2D eigenvalue weighted by Gasteiger charge is -2.10. The predicted molar refractivity (Wildman–Crippen MR) is 96.3 cm³/mol. The van der Waals surface area contributed by atoms with E-state index >= 15 is 0 Å². The Kier molecular flexibility index (Phi) is 3.61. The summed E-state index contributed by atoms with van der Waals surface area (Å²) in [4.78, 5) is 16.3. The van der Waals surface area contributed by atoms with E-state index < -0.39 is 5.97 Å². The molecular weight excluding hydrogens is 316 g/mol. The Balaban J connectivity index is 1.81. The Morgan fingerprint density at radius 2 is 1.96 bits per heavy atom. The summed E-state index contributed by atoms with van der Waals surface area (Å²) < 4.78 is 7.12. The SMILES string of the molecule is COc1cc(C(=O)O)c2c(ccn2Cc2ccc3ccccc3n2)c1. The first-order valence-corrected chi connectivity index (χ1v) is 7.90. The molecule has 5 heteroatoms. The van der Waals surface area contributed by atoms with Crippen molar-refractivity contribution in [1.29, 1.82) is 0 Å². The van der Waals surface area contributed by atoms with Crippen LogP contribution in [0.25, 0.3) is 21.8 Å². The zero-order valence-corrected chi connectivity index (χ0v) is 13.6. The summed E-state index contributed by atoms with van der Waals surface area (Å²) in [6.07, 6.45) is 1.88. The van der Waals surface area contributed by atoms with E-state index in [4.69, 9.17) is 4.74 Å². The van der Waals surface area contributed by atoms with E-state index in [9.17, 15) is 9.90 Å². The maximum absolute atomic E-state index is 11.7. The fourth-order valence-electron chi connectivity index (χ4n) is 3.11. The summed E-state index contributed by atoms with van der Waals surface area (Å²) in [5.74, 6) is -0.443. The number of fused-ring (bicyclic) bond motifs is 2. The molecule has 4 aromatic rings. The summed E-state index contributed by atoms with van der Waals surface area (Å²) >= 11 is 0. The van der Waals surface area contributed by atoms with Crippen molar-refractivity contribution >= 4 is 27.8 Å². The van der Waals surface area contributed by atoms with Crippen molar-refractivity contribution in [3.8, 4) is 5.75 Å². The molecule has 0 aliphatic carbocycles. The monoisotopic (exact) mass is 332 g/mol. The van der Waals surface area contributed by atoms with E-state index in [1.807, 2.05) is 59.3 Å². The van der Waals surface area contributed by atoms with Gasteiger partial charge in [0.2, 0.25) is 0 Å². The number of carbonyl (C=O) groups is 1. The second kappa shape index (κ2) is 5.94. The van der Waals surface area contributed by atoms with Crippen LogP contribution >= 0.6 is 0 Å². The van der Waals surface area contributed by atoms with Gasteiger partial charge in [0.25, 0.3) is 0 Å². The molecule has 0 aliphatic rings. The molecule has 0 aliphatic heterocycles. The Bertz CT molecular complexity index is 1100. The number of nitrogens with zero attached hydrogens (tertiary/aromatic N) is 2. The van der Waals surface area contributed by atoms with Crippen molar-refractivity contribution < 1.29 is 14.6 Å². The number of rotatable bonds is 4. The highest BCUT2D eigenvalue weighted by Gasteiger charge is 2.15. The molecule has 0 saturated heterocycles. The van der Waals surface area contributed by atoms with Crippen LogP contribution < -0.4 is 4.74 Å². The number of hydrogen-bond donors (Lipinski definition) is 1. The molecule has 2 aromatic carbocycles. The number of carboxylic acid groups (broad SMARTS) is 1. The van der Waals surface area contributed by atoms with Crippen LogP contribution in [0, 0.1) is 0 Å². The number of hydrogen-bond acceptors (Lipinski definition) is 3. The van der Waals surface area contributed by atoms with E-state index in [2.05, 4.69) is 4.98 Å². The van der Waals surface area contributed by atoms with Gasteiger partial charge in [-0.15, -0.1) is 0 Å². The summed E-state index contributed by atoms with van der Waals surface area (Å²) in [6, 6.07) is 17.2. The third-order valence-corrected chi connectivity index (χ3v) is 4.29. The normalized spacial score (nSPS) is 11.1. The highest BCUT2D eigenvalue weighted by atomic mass is 16.5. The molecule has 0 fully saturated rings. The molecule has 5 nitrogen and oxygen atoms in total. The van der Waals surface area contributed by atoms with E-state index in [0.717, 1.165) is 22.0 Å². The van der Waals surface area contributed by atoms with Crippen LogP contribution in [-0.4, -0.2) is 27.7 Å². The second-order valence-electron chi connectivity index (χ2n) is 5.86. The number of para-hydroxylation sites is 1. The number of aromatic carboxylic acids is 1. The molecule has 124 valence electrons. The molecule has 0 spiro atoms. The Hall–Kier alpha value is -3.34. The summed E-state index contributed by atoms with van der Waals surface area (Å²) in [5, 5.41) is 11.5. The largest absolute Gasteiger partial charge is 0.497 e. The van der Waals surface area contributed by atoms with Gasteiger partial charge in [-0.1, -0.05) is 24.3 Å². The fraction of sp³-hybridized carbons (Fsp3) is 0.100. The zero-order chi connectivity index (χ0) is 17.4. The van der Waals surface area contributed by atoms with Crippen LogP contribution in [0.4, 0.5) is 0 Å². The lowest BCUT2D eigenvalue weighted by Crippen LogP contribution is -2.05. The van der Waals surface area contributed by atoms with Gasteiger partial charge >= 0.3 is 5.97 Å². The summed E-state index contributed by atoms with van der Waals surface area (Å²) in [6.45, 7) is 0.501. The van der Waals surface area contributed by atoms with E-state index in [-0.39, 0.29) is 5.56 Å². The molecule has 0 amide bonds. The average molecular weight is 332 g/mol. The standard InChI is InChI=1S/C20H16N2O3/c1-25-16-10-14-8-9-22(19(14)17(11-16)20(23)24)12-15-7-6-13-4-2-3-5-18(13)21-15/h2-11H,12H2,1H3,(H,23,24). The molecule has 0 bridgehead atoms. The smallest absolute Gasteiger partial charge is 0.337 e. The third-order valence-electron chi connectivity index (χ3n) is 4.29. The first-order chi connectivity index (χ1) is 12.2. The molecule has 2 heterocycles. The number of aromatic nitrogens is 2. The van der Waals surface area contributed by atoms with Crippen LogP contribution in [0.5, 0.6) is 5.75 Å². The van der Waals surface area contributed by atoms with Crippen LogP contribution in [-0.2, 0) is 6.54 Å². The van der Waals surface area contributed by atoms with Gasteiger partial charge < -0.3 is 14.4 Å². The molecular formula is C20H16N2O3. The topological polar surface area (TPSA) is 64.3 Å². The van der Waals surface area contributed by atoms with Crippen LogP contribution in [0.1, 0.15) is 16.1 Å². The maximum atomic E-state index is 11.7. The Morgan fingerprint density at radius 3 is 2.76 bits per heavy atom. The van der Waals surface area contributed by atoms with Crippen LogP contribution in [0.15, 0.2) is 60.8 Å². The fourth-order valence-corrected chi connectivity index (χ4v) is 3.11. The minimum absolute atomic E-state index is 0.222. The number of methoxy groups -OCH3 is 1. The Morgan fingerprint density at radius 1 is 1.12 bits per heavy atom. The van der Waals surface area contributed by atoms with E-state index in [1.165, 1.54) is 7.11 Å². The molecule has 2 aromatic heterocycles. The van der Waals surface area contributed by atoms with Crippen molar-refractivity contribution in [2.45, 2.75) is 6.54 Å². The van der Waals surface area contributed by atoms with Gasteiger partial charge in [0.15, 0.2) is 0 Å². The molecule has 0 saturated carbocycles. The van der Waals surface area contributed by atoms with Gasteiger partial charge in [-0.3, -0.25) is 4.98 Å².